The molecule has 0 unspecified atom stereocenters. The van der Waals surface area contributed by atoms with Crippen molar-refractivity contribution >= 4 is 22.7 Å². The third-order valence-corrected chi connectivity index (χ3v) is 4.81. The van der Waals surface area contributed by atoms with E-state index in [-0.39, 0.29) is 17.4 Å². The van der Waals surface area contributed by atoms with Crippen molar-refractivity contribution in [3.05, 3.63) is 65.6 Å². The fraction of sp³-hybridized carbons (Fsp3) is 0.190. The number of pyridine rings is 1. The van der Waals surface area contributed by atoms with Gasteiger partial charge >= 0.3 is 0 Å². The molecule has 1 saturated heterocycles. The van der Waals surface area contributed by atoms with Crippen molar-refractivity contribution in [2.75, 3.05) is 19.6 Å². The molecule has 28 heavy (non-hydrogen) atoms. The summed E-state index contributed by atoms with van der Waals surface area (Å²) in [4.78, 5) is 29.8. The van der Waals surface area contributed by atoms with Crippen molar-refractivity contribution in [2.24, 2.45) is 5.73 Å². The Labute approximate surface area is 161 Å². The van der Waals surface area contributed by atoms with E-state index in [4.69, 9.17) is 5.73 Å². The van der Waals surface area contributed by atoms with Gasteiger partial charge in [-0.25, -0.2) is 9.37 Å². The van der Waals surface area contributed by atoms with Gasteiger partial charge in [0.15, 0.2) is 0 Å². The van der Waals surface area contributed by atoms with Crippen LogP contribution in [-0.2, 0) is 11.3 Å². The van der Waals surface area contributed by atoms with E-state index in [0.29, 0.717) is 25.2 Å². The van der Waals surface area contributed by atoms with Crippen LogP contribution in [0.5, 0.6) is 0 Å². The number of nitrogens with two attached hydrogens (primary N) is 1. The van der Waals surface area contributed by atoms with Gasteiger partial charge in [-0.2, -0.15) is 0 Å². The monoisotopic (exact) mass is 378 g/mol. The predicted molar refractivity (Wildman–Crippen MR) is 104 cm³/mol. The number of carbonyl (C=O) groups is 2. The van der Waals surface area contributed by atoms with Crippen LogP contribution in [0, 0.1) is 5.82 Å². The zero-order chi connectivity index (χ0) is 19.7. The Morgan fingerprint density at radius 3 is 2.68 bits per heavy atom. The number of carbonyl (C=O) groups excluding carboxylic acids is 2. The van der Waals surface area contributed by atoms with Crippen LogP contribution < -0.4 is 11.1 Å². The lowest BCUT2D eigenvalue weighted by Crippen LogP contribution is -2.47. The number of rotatable bonds is 4. The molecule has 1 fully saturated rings. The fourth-order valence-electron chi connectivity index (χ4n) is 3.45. The molecule has 0 bridgehead atoms. The molecule has 2 amide bonds. The summed E-state index contributed by atoms with van der Waals surface area (Å²) < 4.78 is 13.3. The van der Waals surface area contributed by atoms with E-state index in [1.54, 1.807) is 18.2 Å². The number of hydrogen-bond acceptors (Lipinski definition) is 4. The Morgan fingerprint density at radius 2 is 1.96 bits per heavy atom. The largest absolute Gasteiger partial charge is 0.364 e. The van der Waals surface area contributed by atoms with Gasteiger partial charge in [0.1, 0.15) is 11.5 Å². The SMILES string of the molecule is NC(=O)c1cc(-c2ccc(F)cc2)c2ccc(CN3CCNC(=O)C3)cc2n1. The number of piperazine rings is 1. The smallest absolute Gasteiger partial charge is 0.267 e. The first-order chi connectivity index (χ1) is 13.5. The molecule has 1 aliphatic heterocycles. The average molecular weight is 378 g/mol. The molecule has 6 nitrogen and oxygen atoms in total. The highest BCUT2D eigenvalue weighted by Gasteiger charge is 2.17. The van der Waals surface area contributed by atoms with E-state index in [2.05, 4.69) is 15.2 Å². The quantitative estimate of drug-likeness (QED) is 0.728. The maximum Gasteiger partial charge on any atom is 0.267 e. The molecule has 0 spiro atoms. The predicted octanol–water partition coefficient (Wildman–Crippen LogP) is 2.07. The van der Waals surface area contributed by atoms with Crippen LogP contribution >= 0.6 is 0 Å². The standard InChI is InChI=1S/C21H19FN4O2/c22-15-4-2-14(3-5-15)17-10-19(21(23)28)25-18-9-13(1-6-16(17)18)11-26-8-7-24-20(27)12-26/h1-6,9-10H,7-8,11-12H2,(H2,23,28)(H,24,27). The summed E-state index contributed by atoms with van der Waals surface area (Å²) in [6, 6.07) is 13.5. The van der Waals surface area contributed by atoms with E-state index < -0.39 is 5.91 Å². The van der Waals surface area contributed by atoms with E-state index in [1.807, 2.05) is 18.2 Å². The Morgan fingerprint density at radius 1 is 1.18 bits per heavy atom. The Hall–Kier alpha value is -3.32. The maximum absolute atomic E-state index is 13.3. The van der Waals surface area contributed by atoms with Crippen LogP contribution in [-0.4, -0.2) is 41.3 Å². The van der Waals surface area contributed by atoms with Gasteiger partial charge in [-0.05, 0) is 41.0 Å². The summed E-state index contributed by atoms with van der Waals surface area (Å²) in [6.45, 7) is 2.37. The second-order valence-corrected chi connectivity index (χ2v) is 6.84. The van der Waals surface area contributed by atoms with Gasteiger partial charge in [-0.15, -0.1) is 0 Å². The Bertz CT molecular complexity index is 1070. The molecule has 0 saturated carbocycles. The van der Waals surface area contributed by atoms with Crippen LogP contribution in [0.3, 0.4) is 0 Å². The number of benzene rings is 2. The second-order valence-electron chi connectivity index (χ2n) is 6.84. The molecule has 0 aliphatic carbocycles. The molecule has 2 heterocycles. The van der Waals surface area contributed by atoms with E-state index in [9.17, 15) is 14.0 Å². The maximum atomic E-state index is 13.3. The molecule has 0 atom stereocenters. The van der Waals surface area contributed by atoms with Gasteiger partial charge in [0, 0.05) is 25.0 Å². The minimum absolute atomic E-state index is 0.0137. The van der Waals surface area contributed by atoms with Crippen LogP contribution in [0.1, 0.15) is 16.1 Å². The molecular formula is C21H19FN4O2. The number of hydrogen-bond donors (Lipinski definition) is 2. The van der Waals surface area contributed by atoms with Gasteiger partial charge in [-0.1, -0.05) is 24.3 Å². The van der Waals surface area contributed by atoms with E-state index in [1.165, 1.54) is 12.1 Å². The number of aromatic nitrogens is 1. The molecule has 0 radical (unpaired) electrons. The molecule has 3 N–H and O–H groups in total. The van der Waals surface area contributed by atoms with Gasteiger partial charge < -0.3 is 11.1 Å². The summed E-state index contributed by atoms with van der Waals surface area (Å²) in [5, 5.41) is 3.65. The first-order valence-electron chi connectivity index (χ1n) is 8.98. The number of fused-ring (bicyclic) bond motifs is 1. The number of nitrogens with zero attached hydrogens (tertiary/aromatic N) is 2. The molecule has 2 aromatic carbocycles. The summed E-state index contributed by atoms with van der Waals surface area (Å²) >= 11 is 0. The highest BCUT2D eigenvalue weighted by molar-refractivity contribution is 6.00. The van der Waals surface area contributed by atoms with Crippen molar-refractivity contribution in [3.8, 4) is 11.1 Å². The highest BCUT2D eigenvalue weighted by atomic mass is 19.1. The Balaban J connectivity index is 1.76. The van der Waals surface area contributed by atoms with Crippen molar-refractivity contribution < 1.29 is 14.0 Å². The molecule has 142 valence electrons. The number of primary amides is 1. The fourth-order valence-corrected chi connectivity index (χ4v) is 3.45. The normalized spacial score (nSPS) is 14.8. The lowest BCUT2D eigenvalue weighted by Gasteiger charge is -2.26. The first-order valence-corrected chi connectivity index (χ1v) is 8.98. The summed E-state index contributed by atoms with van der Waals surface area (Å²) in [7, 11) is 0. The van der Waals surface area contributed by atoms with Gasteiger partial charge in [0.2, 0.25) is 5.91 Å². The van der Waals surface area contributed by atoms with Crippen LogP contribution in [0.25, 0.3) is 22.0 Å². The summed E-state index contributed by atoms with van der Waals surface area (Å²) in [5.41, 5.74) is 8.78. The minimum atomic E-state index is -0.622. The third kappa shape index (κ3) is 3.70. The molecule has 3 aromatic rings. The molecule has 7 heteroatoms. The Kier molecular flexibility index (Phi) is 4.75. The molecule has 4 rings (SSSR count). The third-order valence-electron chi connectivity index (χ3n) is 4.81. The molecule has 1 aromatic heterocycles. The number of amides is 2. The van der Waals surface area contributed by atoms with Crippen LogP contribution in [0.4, 0.5) is 4.39 Å². The molecule has 1 aliphatic rings. The zero-order valence-corrected chi connectivity index (χ0v) is 15.1. The van der Waals surface area contributed by atoms with Crippen LogP contribution in [0.15, 0.2) is 48.5 Å². The second kappa shape index (κ2) is 7.36. The number of halogens is 1. The van der Waals surface area contributed by atoms with Crippen molar-refractivity contribution in [3.63, 3.8) is 0 Å². The van der Waals surface area contributed by atoms with Crippen molar-refractivity contribution in [1.29, 1.82) is 0 Å². The van der Waals surface area contributed by atoms with Crippen LogP contribution in [0.2, 0.25) is 0 Å². The van der Waals surface area contributed by atoms with Gasteiger partial charge in [0.05, 0.1) is 12.1 Å². The first kappa shape index (κ1) is 18.1. The zero-order valence-electron chi connectivity index (χ0n) is 15.1. The van der Waals surface area contributed by atoms with E-state index in [0.717, 1.165) is 28.6 Å². The average Bonchev–Trinajstić information content (AvgIpc) is 2.67. The van der Waals surface area contributed by atoms with Gasteiger partial charge in [-0.3, -0.25) is 14.5 Å². The minimum Gasteiger partial charge on any atom is -0.364 e. The number of nitrogens with one attached hydrogen (secondary N) is 1. The lowest BCUT2D eigenvalue weighted by molar-refractivity contribution is -0.124. The highest BCUT2D eigenvalue weighted by Crippen LogP contribution is 2.30. The van der Waals surface area contributed by atoms with Gasteiger partial charge in [0.25, 0.3) is 5.91 Å². The van der Waals surface area contributed by atoms with Crippen molar-refractivity contribution in [1.82, 2.24) is 15.2 Å². The summed E-state index contributed by atoms with van der Waals surface area (Å²) in [5.74, 6) is -0.937. The van der Waals surface area contributed by atoms with Crippen molar-refractivity contribution in [2.45, 2.75) is 6.54 Å². The topological polar surface area (TPSA) is 88.3 Å². The van der Waals surface area contributed by atoms with E-state index >= 15 is 0 Å². The lowest BCUT2D eigenvalue weighted by atomic mass is 9.98. The molecular weight excluding hydrogens is 359 g/mol. The summed E-state index contributed by atoms with van der Waals surface area (Å²) in [6.07, 6.45) is 0.